The summed E-state index contributed by atoms with van der Waals surface area (Å²) in [5.74, 6) is 0.225. The van der Waals surface area contributed by atoms with E-state index in [2.05, 4.69) is 5.32 Å². The molecule has 2 aromatic rings. The Kier molecular flexibility index (Phi) is 5.15. The van der Waals surface area contributed by atoms with E-state index in [1.54, 1.807) is 42.7 Å². The normalized spacial score (nSPS) is 11.9. The van der Waals surface area contributed by atoms with Crippen LogP contribution in [0.5, 0.6) is 5.75 Å². The van der Waals surface area contributed by atoms with E-state index in [0.29, 0.717) is 17.9 Å². The molecule has 20 heavy (non-hydrogen) atoms. The minimum Gasteiger partial charge on any atom is -0.497 e. The van der Waals surface area contributed by atoms with Crippen LogP contribution in [0.2, 0.25) is 0 Å². The highest BCUT2D eigenvalue weighted by Crippen LogP contribution is 2.19. The fourth-order valence-electron chi connectivity index (χ4n) is 1.82. The van der Waals surface area contributed by atoms with Crippen LogP contribution in [0, 0.1) is 0 Å². The lowest BCUT2D eigenvalue weighted by atomic mass is 10.1. The minimum absolute atomic E-state index is 0.394. The standard InChI is InChI=1S/C15H17NO3S/c1-19-12-5-2-4-11(10-12)14(17)15(18)16-8-7-13-6-3-9-20-13/h2-6,9-10,14,17H,7-8H2,1H3,(H,16,18). The lowest BCUT2D eigenvalue weighted by Gasteiger charge is -2.12. The first kappa shape index (κ1) is 14.6. The Hall–Kier alpha value is -1.85. The Morgan fingerprint density at radius 3 is 2.95 bits per heavy atom. The summed E-state index contributed by atoms with van der Waals surface area (Å²) < 4.78 is 5.07. The van der Waals surface area contributed by atoms with Gasteiger partial charge in [-0.1, -0.05) is 18.2 Å². The third-order valence-electron chi connectivity index (χ3n) is 2.91. The van der Waals surface area contributed by atoms with Gasteiger partial charge in [0.05, 0.1) is 7.11 Å². The molecule has 5 heteroatoms. The largest absolute Gasteiger partial charge is 0.497 e. The molecule has 2 N–H and O–H groups in total. The maximum atomic E-state index is 11.9. The number of aliphatic hydroxyl groups is 1. The number of nitrogens with one attached hydrogen (secondary N) is 1. The van der Waals surface area contributed by atoms with Gasteiger partial charge in [0.25, 0.3) is 5.91 Å². The van der Waals surface area contributed by atoms with Crippen molar-refractivity contribution in [3.05, 3.63) is 52.2 Å². The fraction of sp³-hybridized carbons (Fsp3) is 0.267. The molecule has 0 spiro atoms. The molecule has 0 aliphatic carbocycles. The van der Waals surface area contributed by atoms with E-state index in [1.165, 1.54) is 4.88 Å². The highest BCUT2D eigenvalue weighted by Gasteiger charge is 2.17. The van der Waals surface area contributed by atoms with Crippen LogP contribution in [-0.2, 0) is 11.2 Å². The molecular weight excluding hydrogens is 274 g/mol. The van der Waals surface area contributed by atoms with Gasteiger partial charge in [-0.2, -0.15) is 0 Å². The van der Waals surface area contributed by atoms with Gasteiger partial charge in [0.2, 0.25) is 0 Å². The number of hydrogen-bond donors (Lipinski definition) is 2. The number of rotatable bonds is 6. The van der Waals surface area contributed by atoms with Crippen LogP contribution in [0.3, 0.4) is 0 Å². The van der Waals surface area contributed by atoms with Crippen LogP contribution in [0.4, 0.5) is 0 Å². The molecule has 1 aromatic carbocycles. The highest BCUT2D eigenvalue weighted by atomic mass is 32.1. The van der Waals surface area contributed by atoms with Gasteiger partial charge < -0.3 is 15.2 Å². The first-order valence-electron chi connectivity index (χ1n) is 6.33. The van der Waals surface area contributed by atoms with Crippen molar-refractivity contribution < 1.29 is 14.6 Å². The molecule has 0 bridgehead atoms. The molecule has 1 amide bonds. The van der Waals surface area contributed by atoms with E-state index < -0.39 is 12.0 Å². The smallest absolute Gasteiger partial charge is 0.253 e. The molecule has 1 unspecified atom stereocenters. The number of aliphatic hydroxyl groups excluding tert-OH is 1. The van der Waals surface area contributed by atoms with Gasteiger partial charge in [-0.15, -0.1) is 11.3 Å². The van der Waals surface area contributed by atoms with Gasteiger partial charge >= 0.3 is 0 Å². The minimum atomic E-state index is -1.17. The first-order chi connectivity index (χ1) is 9.70. The second-order valence-corrected chi connectivity index (χ2v) is 5.33. The second kappa shape index (κ2) is 7.07. The molecule has 2 rings (SSSR count). The van der Waals surface area contributed by atoms with E-state index in [0.717, 1.165) is 6.42 Å². The number of ether oxygens (including phenoxy) is 1. The van der Waals surface area contributed by atoms with Crippen LogP contribution < -0.4 is 10.1 Å². The number of carbonyl (C=O) groups is 1. The maximum Gasteiger partial charge on any atom is 0.253 e. The van der Waals surface area contributed by atoms with Crippen LogP contribution in [0.15, 0.2) is 41.8 Å². The van der Waals surface area contributed by atoms with Gasteiger partial charge in [-0.05, 0) is 35.6 Å². The Labute approximate surface area is 122 Å². The molecule has 0 aliphatic rings. The molecular formula is C15H17NO3S. The van der Waals surface area contributed by atoms with Crippen molar-refractivity contribution in [2.75, 3.05) is 13.7 Å². The van der Waals surface area contributed by atoms with E-state index in [9.17, 15) is 9.90 Å². The highest BCUT2D eigenvalue weighted by molar-refractivity contribution is 7.09. The van der Waals surface area contributed by atoms with Crippen LogP contribution in [0.25, 0.3) is 0 Å². The summed E-state index contributed by atoms with van der Waals surface area (Å²) in [5.41, 5.74) is 0.526. The molecule has 0 saturated heterocycles. The third kappa shape index (κ3) is 3.82. The van der Waals surface area contributed by atoms with Crippen LogP contribution >= 0.6 is 11.3 Å². The van der Waals surface area contributed by atoms with Gasteiger partial charge in [-0.25, -0.2) is 0 Å². The predicted molar refractivity (Wildman–Crippen MR) is 79.0 cm³/mol. The summed E-state index contributed by atoms with van der Waals surface area (Å²) in [6.07, 6.45) is -0.401. The Bertz CT molecular complexity index is 554. The van der Waals surface area contributed by atoms with Crippen molar-refractivity contribution in [3.63, 3.8) is 0 Å². The summed E-state index contributed by atoms with van der Waals surface area (Å²) in [4.78, 5) is 13.1. The predicted octanol–water partition coefficient (Wildman–Crippen LogP) is 2.15. The summed E-state index contributed by atoms with van der Waals surface area (Å²) in [7, 11) is 1.55. The number of thiophene rings is 1. The van der Waals surface area contributed by atoms with E-state index >= 15 is 0 Å². The molecule has 0 aliphatic heterocycles. The lowest BCUT2D eigenvalue weighted by molar-refractivity contribution is -0.129. The van der Waals surface area contributed by atoms with Crippen molar-refractivity contribution in [2.45, 2.75) is 12.5 Å². The number of hydrogen-bond acceptors (Lipinski definition) is 4. The number of benzene rings is 1. The molecule has 0 saturated carbocycles. The summed E-state index contributed by atoms with van der Waals surface area (Å²) in [6, 6.07) is 10.9. The number of methoxy groups -OCH3 is 1. The Morgan fingerprint density at radius 2 is 2.25 bits per heavy atom. The molecule has 0 fully saturated rings. The summed E-state index contributed by atoms with van der Waals surface area (Å²) in [5, 5.41) is 14.7. The topological polar surface area (TPSA) is 58.6 Å². The van der Waals surface area contributed by atoms with E-state index in [4.69, 9.17) is 4.74 Å². The van der Waals surface area contributed by atoms with Gasteiger partial charge in [0, 0.05) is 11.4 Å². The Balaban J connectivity index is 1.87. The van der Waals surface area contributed by atoms with Crippen LogP contribution in [-0.4, -0.2) is 24.7 Å². The SMILES string of the molecule is COc1cccc(C(O)C(=O)NCCc2cccs2)c1. The lowest BCUT2D eigenvalue weighted by Crippen LogP contribution is -2.30. The van der Waals surface area contributed by atoms with Crippen LogP contribution in [0.1, 0.15) is 16.5 Å². The second-order valence-electron chi connectivity index (χ2n) is 4.30. The summed E-state index contributed by atoms with van der Waals surface area (Å²) >= 11 is 1.65. The van der Waals surface area contributed by atoms with Gasteiger partial charge in [0.1, 0.15) is 5.75 Å². The zero-order valence-electron chi connectivity index (χ0n) is 11.2. The van der Waals surface area contributed by atoms with Crippen molar-refractivity contribution in [1.29, 1.82) is 0 Å². The number of amides is 1. The Morgan fingerprint density at radius 1 is 1.40 bits per heavy atom. The first-order valence-corrected chi connectivity index (χ1v) is 7.21. The van der Waals surface area contributed by atoms with Crippen molar-refractivity contribution >= 4 is 17.2 Å². The maximum absolute atomic E-state index is 11.9. The molecule has 106 valence electrons. The van der Waals surface area contributed by atoms with E-state index in [1.807, 2.05) is 17.5 Å². The molecule has 0 radical (unpaired) electrons. The third-order valence-corrected chi connectivity index (χ3v) is 3.84. The number of carbonyl (C=O) groups excluding carboxylic acids is 1. The van der Waals surface area contributed by atoms with Crippen molar-refractivity contribution in [1.82, 2.24) is 5.32 Å². The van der Waals surface area contributed by atoms with Gasteiger partial charge in [-0.3, -0.25) is 4.79 Å². The molecule has 1 aromatic heterocycles. The molecule has 1 atom stereocenters. The average molecular weight is 291 g/mol. The fourth-order valence-corrected chi connectivity index (χ4v) is 2.53. The monoisotopic (exact) mass is 291 g/mol. The summed E-state index contributed by atoms with van der Waals surface area (Å²) in [6.45, 7) is 0.514. The molecule has 4 nitrogen and oxygen atoms in total. The van der Waals surface area contributed by atoms with Crippen molar-refractivity contribution in [2.24, 2.45) is 0 Å². The van der Waals surface area contributed by atoms with Gasteiger partial charge in [0.15, 0.2) is 6.10 Å². The zero-order chi connectivity index (χ0) is 14.4. The van der Waals surface area contributed by atoms with E-state index in [-0.39, 0.29) is 0 Å². The average Bonchev–Trinajstić information content (AvgIpc) is 2.99. The molecule has 1 heterocycles. The zero-order valence-corrected chi connectivity index (χ0v) is 12.0. The quantitative estimate of drug-likeness (QED) is 0.857. The van der Waals surface area contributed by atoms with Crippen molar-refractivity contribution in [3.8, 4) is 5.75 Å².